The van der Waals surface area contributed by atoms with Gasteiger partial charge >= 0.3 is 0 Å². The number of hydrogen-bond donors (Lipinski definition) is 2. The van der Waals surface area contributed by atoms with Gasteiger partial charge in [0.25, 0.3) is 0 Å². The molecule has 1 amide bonds. The van der Waals surface area contributed by atoms with E-state index in [2.05, 4.69) is 19.2 Å². The fourth-order valence-corrected chi connectivity index (χ4v) is 2.66. The van der Waals surface area contributed by atoms with Crippen LogP contribution in [0.5, 0.6) is 5.75 Å². The first-order valence-electron chi connectivity index (χ1n) is 7.99. The van der Waals surface area contributed by atoms with Gasteiger partial charge in [-0.3, -0.25) is 4.79 Å². The molecule has 1 aromatic rings. The predicted molar refractivity (Wildman–Crippen MR) is 86.6 cm³/mol. The highest BCUT2D eigenvalue weighted by Gasteiger charge is 2.17. The maximum absolute atomic E-state index is 11.5. The van der Waals surface area contributed by atoms with Crippen molar-refractivity contribution in [2.45, 2.75) is 52.4 Å². The van der Waals surface area contributed by atoms with Crippen LogP contribution in [0.3, 0.4) is 0 Å². The molecule has 3 N–H and O–H groups in total. The van der Waals surface area contributed by atoms with E-state index in [-0.39, 0.29) is 5.91 Å². The molecule has 4 nitrogen and oxygen atoms in total. The maximum Gasteiger partial charge on any atom is 0.224 e. The molecule has 116 valence electrons. The Labute approximate surface area is 127 Å². The van der Waals surface area contributed by atoms with Gasteiger partial charge in [0.15, 0.2) is 0 Å². The van der Waals surface area contributed by atoms with Crippen LogP contribution in [-0.2, 0) is 11.2 Å². The van der Waals surface area contributed by atoms with E-state index in [0.717, 1.165) is 24.1 Å². The highest BCUT2D eigenvalue weighted by atomic mass is 16.5. The summed E-state index contributed by atoms with van der Waals surface area (Å²) in [5, 5.41) is 2.89. The summed E-state index contributed by atoms with van der Waals surface area (Å²) in [5.41, 5.74) is 8.67. The molecule has 0 radical (unpaired) electrons. The van der Waals surface area contributed by atoms with E-state index >= 15 is 0 Å². The number of nitrogens with two attached hydrogens (primary N) is 1. The summed E-state index contributed by atoms with van der Waals surface area (Å²) in [6.07, 6.45) is 6.03. The number of aryl methyl sites for hydroxylation is 1. The zero-order valence-electron chi connectivity index (χ0n) is 13.1. The molecule has 1 aromatic carbocycles. The standard InChI is InChI=1S/C17H26N2O2/c1-3-5-6-12(4-2)11-21-16-10-15-13(9-14(16)18)7-8-17(20)19-15/h9-10,12H,3-8,11,18H2,1-2H3,(H,19,20). The van der Waals surface area contributed by atoms with E-state index in [4.69, 9.17) is 10.5 Å². The molecular weight excluding hydrogens is 264 g/mol. The van der Waals surface area contributed by atoms with Gasteiger partial charge in [-0.15, -0.1) is 0 Å². The highest BCUT2D eigenvalue weighted by Crippen LogP contribution is 2.33. The third-order valence-corrected chi connectivity index (χ3v) is 4.15. The highest BCUT2D eigenvalue weighted by molar-refractivity contribution is 5.94. The Bertz CT molecular complexity index is 500. The van der Waals surface area contributed by atoms with Gasteiger partial charge in [-0.2, -0.15) is 0 Å². The van der Waals surface area contributed by atoms with Crippen LogP contribution in [0.2, 0.25) is 0 Å². The zero-order valence-corrected chi connectivity index (χ0v) is 13.1. The van der Waals surface area contributed by atoms with Crippen LogP contribution in [0.4, 0.5) is 11.4 Å². The van der Waals surface area contributed by atoms with Gasteiger partial charge in [0.2, 0.25) is 5.91 Å². The Morgan fingerprint density at radius 3 is 2.86 bits per heavy atom. The van der Waals surface area contributed by atoms with Crippen LogP contribution in [-0.4, -0.2) is 12.5 Å². The van der Waals surface area contributed by atoms with Gasteiger partial charge in [-0.25, -0.2) is 0 Å². The molecule has 0 saturated heterocycles. The largest absolute Gasteiger partial charge is 0.491 e. The van der Waals surface area contributed by atoms with E-state index in [1.807, 2.05) is 12.1 Å². The minimum atomic E-state index is 0.0626. The Morgan fingerprint density at radius 2 is 2.14 bits per heavy atom. The van der Waals surface area contributed by atoms with Crippen molar-refractivity contribution in [3.8, 4) is 5.75 Å². The summed E-state index contributed by atoms with van der Waals surface area (Å²) < 4.78 is 5.91. The second-order valence-corrected chi connectivity index (χ2v) is 5.82. The van der Waals surface area contributed by atoms with Gasteiger partial charge in [-0.05, 0) is 30.4 Å². The molecule has 1 unspecified atom stereocenters. The second-order valence-electron chi connectivity index (χ2n) is 5.82. The van der Waals surface area contributed by atoms with Crippen LogP contribution in [0.25, 0.3) is 0 Å². The maximum atomic E-state index is 11.5. The number of nitrogens with one attached hydrogen (secondary N) is 1. The molecule has 1 atom stereocenters. The van der Waals surface area contributed by atoms with Crippen molar-refractivity contribution in [2.75, 3.05) is 17.7 Å². The molecule has 1 aliphatic rings. The number of anilines is 2. The number of ether oxygens (including phenoxy) is 1. The molecular formula is C17H26N2O2. The van der Waals surface area contributed by atoms with Gasteiger partial charge in [-0.1, -0.05) is 33.1 Å². The van der Waals surface area contributed by atoms with Gasteiger partial charge in [0, 0.05) is 18.2 Å². The summed E-state index contributed by atoms with van der Waals surface area (Å²) in [6.45, 7) is 5.09. The quantitative estimate of drug-likeness (QED) is 0.752. The van der Waals surface area contributed by atoms with E-state index in [0.29, 0.717) is 30.4 Å². The van der Waals surface area contributed by atoms with Crippen molar-refractivity contribution in [3.05, 3.63) is 17.7 Å². The first-order valence-corrected chi connectivity index (χ1v) is 7.99. The lowest BCUT2D eigenvalue weighted by Gasteiger charge is -2.21. The third-order valence-electron chi connectivity index (χ3n) is 4.15. The molecule has 0 bridgehead atoms. The van der Waals surface area contributed by atoms with Gasteiger partial charge in [0.05, 0.1) is 12.3 Å². The number of nitrogen functional groups attached to an aromatic ring is 1. The lowest BCUT2D eigenvalue weighted by molar-refractivity contribution is -0.116. The van der Waals surface area contributed by atoms with Gasteiger partial charge in [0.1, 0.15) is 5.75 Å². The molecule has 0 fully saturated rings. The summed E-state index contributed by atoms with van der Waals surface area (Å²) in [6, 6.07) is 3.80. The number of carbonyl (C=O) groups excluding carboxylic acids is 1. The van der Waals surface area contributed by atoms with Crippen LogP contribution < -0.4 is 15.8 Å². The molecule has 0 aromatic heterocycles. The summed E-state index contributed by atoms with van der Waals surface area (Å²) >= 11 is 0. The van der Waals surface area contributed by atoms with E-state index in [9.17, 15) is 4.79 Å². The topological polar surface area (TPSA) is 64.3 Å². The summed E-state index contributed by atoms with van der Waals surface area (Å²) in [7, 11) is 0. The van der Waals surface area contributed by atoms with Crippen molar-refractivity contribution in [3.63, 3.8) is 0 Å². The first kappa shape index (κ1) is 15.7. The number of fused-ring (bicyclic) bond motifs is 1. The molecule has 0 spiro atoms. The number of carbonyl (C=O) groups is 1. The summed E-state index contributed by atoms with van der Waals surface area (Å²) in [5.74, 6) is 1.31. The van der Waals surface area contributed by atoms with Crippen LogP contribution in [0, 0.1) is 5.92 Å². The molecule has 4 heteroatoms. The predicted octanol–water partition coefficient (Wildman–Crippen LogP) is 3.75. The van der Waals surface area contributed by atoms with Crippen molar-refractivity contribution in [1.29, 1.82) is 0 Å². The Kier molecular flexibility index (Phi) is 5.48. The molecule has 1 heterocycles. The Balaban J connectivity index is 2.02. The second kappa shape index (κ2) is 7.34. The SMILES string of the molecule is CCCCC(CC)COc1cc2c(cc1N)CCC(=O)N2. The number of unbranched alkanes of at least 4 members (excludes halogenated alkanes) is 1. The Morgan fingerprint density at radius 1 is 1.33 bits per heavy atom. The van der Waals surface area contributed by atoms with E-state index < -0.39 is 0 Å². The average molecular weight is 290 g/mol. The fraction of sp³-hybridized carbons (Fsp3) is 0.588. The van der Waals surface area contributed by atoms with E-state index in [1.54, 1.807) is 0 Å². The zero-order chi connectivity index (χ0) is 15.2. The minimum absolute atomic E-state index is 0.0626. The molecule has 0 saturated carbocycles. The first-order chi connectivity index (χ1) is 10.1. The van der Waals surface area contributed by atoms with Gasteiger partial charge < -0.3 is 15.8 Å². The average Bonchev–Trinajstić information content (AvgIpc) is 2.48. The smallest absolute Gasteiger partial charge is 0.224 e. The van der Waals surface area contributed by atoms with Crippen molar-refractivity contribution >= 4 is 17.3 Å². The Hall–Kier alpha value is -1.71. The van der Waals surface area contributed by atoms with Crippen molar-refractivity contribution in [1.82, 2.24) is 0 Å². The molecule has 1 aliphatic heterocycles. The van der Waals surface area contributed by atoms with Crippen LogP contribution in [0.1, 0.15) is 51.5 Å². The lowest BCUT2D eigenvalue weighted by Crippen LogP contribution is -2.19. The van der Waals surface area contributed by atoms with Crippen LogP contribution >= 0.6 is 0 Å². The van der Waals surface area contributed by atoms with Crippen molar-refractivity contribution < 1.29 is 9.53 Å². The lowest BCUT2D eigenvalue weighted by atomic mass is 10.00. The number of benzene rings is 1. The third kappa shape index (κ3) is 4.13. The van der Waals surface area contributed by atoms with E-state index in [1.165, 1.54) is 19.3 Å². The summed E-state index contributed by atoms with van der Waals surface area (Å²) in [4.78, 5) is 11.5. The normalized spacial score (nSPS) is 15.2. The number of amides is 1. The van der Waals surface area contributed by atoms with Crippen molar-refractivity contribution in [2.24, 2.45) is 5.92 Å². The monoisotopic (exact) mass is 290 g/mol. The molecule has 21 heavy (non-hydrogen) atoms. The fourth-order valence-electron chi connectivity index (χ4n) is 2.66. The molecule has 0 aliphatic carbocycles. The van der Waals surface area contributed by atoms with Crippen LogP contribution in [0.15, 0.2) is 12.1 Å². The minimum Gasteiger partial charge on any atom is -0.491 e. The number of rotatable bonds is 7. The molecule has 2 rings (SSSR count). The number of hydrogen-bond acceptors (Lipinski definition) is 3.